The van der Waals surface area contributed by atoms with E-state index in [9.17, 15) is 27.9 Å². The van der Waals surface area contributed by atoms with Crippen molar-refractivity contribution in [2.24, 2.45) is 0 Å². The summed E-state index contributed by atoms with van der Waals surface area (Å²) in [6.45, 7) is 1.02. The summed E-state index contributed by atoms with van der Waals surface area (Å²) in [4.78, 5) is 27.5. The lowest BCUT2D eigenvalue weighted by Gasteiger charge is -2.36. The molecule has 1 aliphatic heterocycles. The van der Waals surface area contributed by atoms with Crippen molar-refractivity contribution in [2.45, 2.75) is 24.8 Å². The minimum absolute atomic E-state index is 0.0292. The highest BCUT2D eigenvalue weighted by Gasteiger charge is 2.44. The van der Waals surface area contributed by atoms with Gasteiger partial charge in [0.15, 0.2) is 18.0 Å². The summed E-state index contributed by atoms with van der Waals surface area (Å²) >= 11 is 0. The standard InChI is InChI=1S/C13H13F3N2O4/c1-12(21,7-19)10-11(20)18(5-6-22-10)9-4-2-3-8(17-9)13(14,15)16/h2-4,7,10,21H,5-6H2,1H3. The Morgan fingerprint density at radius 1 is 1.45 bits per heavy atom. The van der Waals surface area contributed by atoms with Crippen LogP contribution in [0, 0.1) is 0 Å². The summed E-state index contributed by atoms with van der Waals surface area (Å²) in [6, 6.07) is 3.15. The number of rotatable bonds is 3. The molecular weight excluding hydrogens is 305 g/mol. The normalized spacial score (nSPS) is 22.3. The number of hydrogen-bond acceptors (Lipinski definition) is 5. The van der Waals surface area contributed by atoms with Gasteiger partial charge < -0.3 is 14.6 Å². The number of alkyl halides is 3. The van der Waals surface area contributed by atoms with Gasteiger partial charge in [-0.25, -0.2) is 4.98 Å². The zero-order valence-electron chi connectivity index (χ0n) is 11.5. The van der Waals surface area contributed by atoms with E-state index in [-0.39, 0.29) is 25.3 Å². The number of anilines is 1. The molecule has 22 heavy (non-hydrogen) atoms. The average Bonchev–Trinajstić information content (AvgIpc) is 2.46. The van der Waals surface area contributed by atoms with Crippen LogP contribution in [-0.4, -0.2) is 47.1 Å². The fourth-order valence-electron chi connectivity index (χ4n) is 2.02. The lowest BCUT2D eigenvalue weighted by atomic mass is 9.98. The van der Waals surface area contributed by atoms with Crippen LogP contribution in [0.4, 0.5) is 19.0 Å². The molecule has 1 aromatic rings. The minimum atomic E-state index is -4.64. The number of aliphatic hydroxyl groups is 1. The SMILES string of the molecule is CC(O)(C=O)C1OCCN(c2cccc(C(F)(F)F)n2)C1=O. The molecule has 1 aliphatic rings. The summed E-state index contributed by atoms with van der Waals surface area (Å²) in [6.07, 6.45) is -5.98. The van der Waals surface area contributed by atoms with Gasteiger partial charge in [-0.1, -0.05) is 6.07 Å². The number of halogens is 3. The number of ether oxygens (including phenoxy) is 1. The second kappa shape index (κ2) is 5.65. The van der Waals surface area contributed by atoms with E-state index in [1.807, 2.05) is 0 Å². The van der Waals surface area contributed by atoms with Crippen LogP contribution >= 0.6 is 0 Å². The van der Waals surface area contributed by atoms with Crippen LogP contribution in [0.2, 0.25) is 0 Å². The summed E-state index contributed by atoms with van der Waals surface area (Å²) in [7, 11) is 0. The van der Waals surface area contributed by atoms with Crippen molar-refractivity contribution in [3.63, 3.8) is 0 Å². The Balaban J connectivity index is 2.33. The largest absolute Gasteiger partial charge is 0.433 e. The van der Waals surface area contributed by atoms with E-state index in [0.717, 1.165) is 24.0 Å². The van der Waals surface area contributed by atoms with Gasteiger partial charge in [-0.05, 0) is 19.1 Å². The summed E-state index contributed by atoms with van der Waals surface area (Å²) in [5.74, 6) is -1.04. The summed E-state index contributed by atoms with van der Waals surface area (Å²) in [5, 5.41) is 9.83. The van der Waals surface area contributed by atoms with Crippen LogP contribution in [0.1, 0.15) is 12.6 Å². The molecule has 0 radical (unpaired) electrons. The van der Waals surface area contributed by atoms with Gasteiger partial charge in [-0.2, -0.15) is 13.2 Å². The molecule has 6 nitrogen and oxygen atoms in total. The quantitative estimate of drug-likeness (QED) is 0.833. The number of aldehydes is 1. The first kappa shape index (κ1) is 16.4. The number of pyridine rings is 1. The summed E-state index contributed by atoms with van der Waals surface area (Å²) in [5.41, 5.74) is -3.21. The fourth-order valence-corrected chi connectivity index (χ4v) is 2.02. The maximum Gasteiger partial charge on any atom is 0.433 e. The Hall–Kier alpha value is -2.00. The van der Waals surface area contributed by atoms with E-state index < -0.39 is 29.5 Å². The van der Waals surface area contributed by atoms with E-state index in [0.29, 0.717) is 0 Å². The molecule has 9 heteroatoms. The number of nitrogens with zero attached hydrogens (tertiary/aromatic N) is 2. The summed E-state index contributed by atoms with van der Waals surface area (Å²) < 4.78 is 43.1. The highest BCUT2D eigenvalue weighted by molar-refractivity contribution is 5.99. The number of aromatic nitrogens is 1. The van der Waals surface area contributed by atoms with E-state index in [1.165, 1.54) is 6.07 Å². The van der Waals surface area contributed by atoms with E-state index in [4.69, 9.17) is 4.74 Å². The van der Waals surface area contributed by atoms with Gasteiger partial charge in [0, 0.05) is 0 Å². The van der Waals surface area contributed by atoms with E-state index >= 15 is 0 Å². The molecule has 1 aromatic heterocycles. The van der Waals surface area contributed by atoms with Crippen molar-refractivity contribution in [1.29, 1.82) is 0 Å². The predicted octanol–water partition coefficient (Wildman–Crippen LogP) is 0.782. The van der Waals surface area contributed by atoms with Gasteiger partial charge in [0.05, 0.1) is 13.2 Å². The Morgan fingerprint density at radius 2 is 2.14 bits per heavy atom. The number of carbonyl (C=O) groups is 2. The average molecular weight is 318 g/mol. The molecular formula is C13H13F3N2O4. The molecule has 1 amide bonds. The van der Waals surface area contributed by atoms with Crippen molar-refractivity contribution in [1.82, 2.24) is 4.98 Å². The predicted molar refractivity (Wildman–Crippen MR) is 68.0 cm³/mol. The van der Waals surface area contributed by atoms with Gasteiger partial charge in [0.1, 0.15) is 11.5 Å². The Bertz CT molecular complexity index is 589. The molecule has 2 unspecified atom stereocenters. The van der Waals surface area contributed by atoms with Crippen molar-refractivity contribution >= 4 is 18.0 Å². The lowest BCUT2D eigenvalue weighted by Crippen LogP contribution is -2.58. The van der Waals surface area contributed by atoms with Crippen LogP contribution in [0.3, 0.4) is 0 Å². The first-order valence-electron chi connectivity index (χ1n) is 6.33. The van der Waals surface area contributed by atoms with Crippen molar-refractivity contribution in [2.75, 3.05) is 18.1 Å². The Labute approximate surface area is 123 Å². The number of amides is 1. The molecule has 0 aliphatic carbocycles. The van der Waals surface area contributed by atoms with Gasteiger partial charge >= 0.3 is 6.18 Å². The Morgan fingerprint density at radius 3 is 2.73 bits per heavy atom. The molecule has 1 N–H and O–H groups in total. The Kier molecular flexibility index (Phi) is 4.21. The molecule has 2 atom stereocenters. The van der Waals surface area contributed by atoms with E-state index in [2.05, 4.69) is 4.98 Å². The van der Waals surface area contributed by atoms with Crippen LogP contribution in [0.5, 0.6) is 0 Å². The third-order valence-electron chi connectivity index (χ3n) is 3.16. The first-order chi connectivity index (χ1) is 10.2. The molecule has 0 aromatic carbocycles. The molecule has 120 valence electrons. The van der Waals surface area contributed by atoms with Crippen molar-refractivity contribution < 1.29 is 32.6 Å². The van der Waals surface area contributed by atoms with E-state index in [1.54, 1.807) is 0 Å². The molecule has 2 rings (SSSR count). The topological polar surface area (TPSA) is 79.7 Å². The van der Waals surface area contributed by atoms with Crippen LogP contribution in [0.25, 0.3) is 0 Å². The van der Waals surface area contributed by atoms with Crippen LogP contribution in [0.15, 0.2) is 18.2 Å². The maximum atomic E-state index is 12.7. The number of hydrogen-bond donors (Lipinski definition) is 1. The monoisotopic (exact) mass is 318 g/mol. The molecule has 0 spiro atoms. The minimum Gasteiger partial charge on any atom is -0.379 e. The molecule has 0 bridgehead atoms. The first-order valence-corrected chi connectivity index (χ1v) is 6.33. The van der Waals surface area contributed by atoms with Gasteiger partial charge in [-0.15, -0.1) is 0 Å². The van der Waals surface area contributed by atoms with Crippen molar-refractivity contribution in [3.05, 3.63) is 23.9 Å². The van der Waals surface area contributed by atoms with Gasteiger partial charge in [0.2, 0.25) is 0 Å². The maximum absolute atomic E-state index is 12.7. The van der Waals surface area contributed by atoms with Crippen molar-refractivity contribution in [3.8, 4) is 0 Å². The second-order valence-electron chi connectivity index (χ2n) is 4.96. The third kappa shape index (κ3) is 3.09. The fraction of sp³-hybridized carbons (Fsp3) is 0.462. The zero-order chi connectivity index (χ0) is 16.5. The molecule has 1 fully saturated rings. The molecule has 2 heterocycles. The molecule has 1 saturated heterocycles. The van der Waals surface area contributed by atoms with Gasteiger partial charge in [-0.3, -0.25) is 9.69 Å². The number of carbonyl (C=O) groups excluding carboxylic acids is 2. The van der Waals surface area contributed by atoms with Crippen LogP contribution < -0.4 is 4.90 Å². The zero-order valence-corrected chi connectivity index (χ0v) is 11.5. The smallest absolute Gasteiger partial charge is 0.379 e. The number of morpholine rings is 1. The lowest BCUT2D eigenvalue weighted by molar-refractivity contribution is -0.159. The highest BCUT2D eigenvalue weighted by atomic mass is 19.4. The van der Waals surface area contributed by atoms with Gasteiger partial charge in [0.25, 0.3) is 5.91 Å². The second-order valence-corrected chi connectivity index (χ2v) is 4.96. The third-order valence-corrected chi connectivity index (χ3v) is 3.16. The van der Waals surface area contributed by atoms with Crippen LogP contribution in [-0.2, 0) is 20.5 Å². The molecule has 0 saturated carbocycles. The highest BCUT2D eigenvalue weighted by Crippen LogP contribution is 2.30.